The van der Waals surface area contributed by atoms with Gasteiger partial charge >= 0.3 is 0 Å². The van der Waals surface area contributed by atoms with Crippen molar-refractivity contribution in [2.24, 2.45) is 4.99 Å². The van der Waals surface area contributed by atoms with E-state index in [0.717, 1.165) is 38.7 Å². The highest BCUT2D eigenvalue weighted by molar-refractivity contribution is 6.02. The lowest BCUT2D eigenvalue weighted by molar-refractivity contribution is 0.481. The summed E-state index contributed by atoms with van der Waals surface area (Å²) in [7, 11) is 0. The lowest BCUT2D eigenvalue weighted by Crippen LogP contribution is -1.97. The molecule has 0 bridgehead atoms. The number of aliphatic imine (C=N–C) groups is 1. The molecule has 134 valence electrons. The maximum Gasteiger partial charge on any atom is 0.123 e. The zero-order valence-electron chi connectivity index (χ0n) is 14.9. The molecule has 1 N–H and O–H groups in total. The van der Waals surface area contributed by atoms with Crippen LogP contribution >= 0.6 is 0 Å². The van der Waals surface area contributed by atoms with E-state index in [4.69, 9.17) is 0 Å². The average molecular weight is 364 g/mol. The second-order valence-corrected chi connectivity index (χ2v) is 6.48. The van der Waals surface area contributed by atoms with Crippen LogP contribution in [-0.4, -0.2) is 26.3 Å². The van der Waals surface area contributed by atoms with E-state index in [2.05, 4.69) is 15.2 Å². The van der Waals surface area contributed by atoms with Gasteiger partial charge < -0.3 is 5.11 Å². The molecule has 5 rings (SSSR count). The Morgan fingerprint density at radius 3 is 2.36 bits per heavy atom. The molecule has 1 heterocycles. The smallest absolute Gasteiger partial charge is 0.123 e. The Morgan fingerprint density at radius 2 is 1.50 bits per heavy atom. The normalized spacial score (nSPS) is 11.6. The lowest BCUT2D eigenvalue weighted by atomic mass is 10.0. The average Bonchev–Trinajstić information content (AvgIpc) is 3.18. The molecule has 5 nitrogen and oxygen atoms in total. The molecule has 4 aromatic carbocycles. The number of benzene rings is 4. The highest BCUT2D eigenvalue weighted by atomic mass is 16.3. The Balaban J connectivity index is 1.51. The number of phenols is 1. The SMILES string of the molecule is Oc1ccc(C=Nc2ccc3nn(-c4ccccc4)nc3c2)c2ccccc12. The fourth-order valence-electron chi connectivity index (χ4n) is 3.22. The Bertz CT molecular complexity index is 1320. The van der Waals surface area contributed by atoms with Crippen molar-refractivity contribution in [1.29, 1.82) is 0 Å². The van der Waals surface area contributed by atoms with Gasteiger partial charge in [-0.15, -0.1) is 10.2 Å². The monoisotopic (exact) mass is 364 g/mol. The van der Waals surface area contributed by atoms with Crippen LogP contribution in [0.4, 0.5) is 5.69 Å². The Kier molecular flexibility index (Phi) is 3.84. The number of hydrogen-bond donors (Lipinski definition) is 1. The number of hydrogen-bond acceptors (Lipinski definition) is 4. The van der Waals surface area contributed by atoms with Crippen LogP contribution in [0.5, 0.6) is 5.75 Å². The van der Waals surface area contributed by atoms with Crippen LogP contribution in [0.3, 0.4) is 0 Å². The van der Waals surface area contributed by atoms with Crippen LogP contribution in [0.1, 0.15) is 5.56 Å². The fourth-order valence-corrected chi connectivity index (χ4v) is 3.22. The molecule has 0 atom stereocenters. The summed E-state index contributed by atoms with van der Waals surface area (Å²) in [6.45, 7) is 0. The molecule has 0 amide bonds. The van der Waals surface area contributed by atoms with Gasteiger partial charge in [-0.25, -0.2) is 0 Å². The van der Waals surface area contributed by atoms with Crippen LogP contribution in [0.25, 0.3) is 27.5 Å². The van der Waals surface area contributed by atoms with Crippen molar-refractivity contribution >= 4 is 33.7 Å². The van der Waals surface area contributed by atoms with Gasteiger partial charge in [-0.2, -0.15) is 4.80 Å². The molecule has 5 aromatic rings. The summed E-state index contributed by atoms with van der Waals surface area (Å²) in [6.07, 6.45) is 1.81. The minimum absolute atomic E-state index is 0.270. The van der Waals surface area contributed by atoms with Gasteiger partial charge in [0, 0.05) is 17.2 Å². The Hall–Kier alpha value is -3.99. The summed E-state index contributed by atoms with van der Waals surface area (Å²) in [6, 6.07) is 26.9. The van der Waals surface area contributed by atoms with Gasteiger partial charge in [-0.3, -0.25) is 4.99 Å². The lowest BCUT2D eigenvalue weighted by Gasteiger charge is -2.04. The van der Waals surface area contributed by atoms with E-state index in [0.29, 0.717) is 0 Å². The molecule has 5 heteroatoms. The summed E-state index contributed by atoms with van der Waals surface area (Å²) in [5.74, 6) is 0.270. The number of rotatable bonds is 3. The van der Waals surface area contributed by atoms with Crippen LogP contribution in [0.15, 0.2) is 89.9 Å². The quantitative estimate of drug-likeness (QED) is 0.457. The van der Waals surface area contributed by atoms with Gasteiger partial charge in [0.05, 0.1) is 11.4 Å². The molecule has 0 saturated heterocycles. The topological polar surface area (TPSA) is 63.3 Å². The minimum Gasteiger partial charge on any atom is -0.507 e. The number of para-hydroxylation sites is 1. The van der Waals surface area contributed by atoms with Crippen LogP contribution in [0, 0.1) is 0 Å². The maximum atomic E-state index is 10.0. The van der Waals surface area contributed by atoms with Gasteiger partial charge in [-0.1, -0.05) is 42.5 Å². The van der Waals surface area contributed by atoms with Crippen molar-refractivity contribution in [2.75, 3.05) is 0 Å². The van der Waals surface area contributed by atoms with Crippen molar-refractivity contribution in [2.45, 2.75) is 0 Å². The summed E-state index contributed by atoms with van der Waals surface area (Å²) in [4.78, 5) is 6.24. The fraction of sp³-hybridized carbons (Fsp3) is 0. The van der Waals surface area contributed by atoms with Gasteiger partial charge in [0.1, 0.15) is 16.8 Å². The summed E-state index contributed by atoms with van der Waals surface area (Å²) in [5, 5.41) is 20.9. The molecule has 0 aliphatic heterocycles. The summed E-state index contributed by atoms with van der Waals surface area (Å²) >= 11 is 0. The number of nitrogens with zero attached hydrogens (tertiary/aromatic N) is 4. The standard InChI is InChI=1S/C23H16N4O/c28-23-13-10-16(19-8-4-5-9-20(19)23)15-24-17-11-12-21-22(14-17)26-27(25-21)18-6-2-1-3-7-18/h1-15,28H. The van der Waals surface area contributed by atoms with E-state index >= 15 is 0 Å². The molecule has 1 aromatic heterocycles. The molecule has 0 spiro atoms. The number of phenolic OH excluding ortho intramolecular Hbond substituents is 1. The van der Waals surface area contributed by atoms with E-state index in [1.54, 1.807) is 10.9 Å². The number of fused-ring (bicyclic) bond motifs is 2. The van der Waals surface area contributed by atoms with Crippen molar-refractivity contribution in [3.05, 3.63) is 90.5 Å². The number of aromatic nitrogens is 3. The molecule has 0 radical (unpaired) electrons. The van der Waals surface area contributed by atoms with Gasteiger partial charge in [0.15, 0.2) is 0 Å². The minimum atomic E-state index is 0.270. The molecular weight excluding hydrogens is 348 g/mol. The van der Waals surface area contributed by atoms with Crippen LogP contribution < -0.4 is 0 Å². The number of aromatic hydroxyl groups is 1. The van der Waals surface area contributed by atoms with Crippen molar-refractivity contribution in [1.82, 2.24) is 15.0 Å². The molecule has 0 aliphatic rings. The Morgan fingerprint density at radius 1 is 0.750 bits per heavy atom. The molecule has 0 saturated carbocycles. The van der Waals surface area contributed by atoms with E-state index < -0.39 is 0 Å². The predicted octanol–water partition coefficient (Wildman–Crippen LogP) is 5.03. The largest absolute Gasteiger partial charge is 0.507 e. The second kappa shape index (κ2) is 6.63. The van der Waals surface area contributed by atoms with E-state index in [1.165, 1.54) is 0 Å². The Labute approximate surface area is 161 Å². The van der Waals surface area contributed by atoms with Gasteiger partial charge in [-0.05, 0) is 47.9 Å². The molecule has 0 unspecified atom stereocenters. The highest BCUT2D eigenvalue weighted by Crippen LogP contribution is 2.27. The third-order valence-electron chi connectivity index (χ3n) is 4.64. The summed E-state index contributed by atoms with van der Waals surface area (Å²) < 4.78 is 0. The first-order valence-electron chi connectivity index (χ1n) is 8.95. The molecule has 28 heavy (non-hydrogen) atoms. The van der Waals surface area contributed by atoms with E-state index in [9.17, 15) is 5.11 Å². The first-order valence-corrected chi connectivity index (χ1v) is 8.95. The predicted molar refractivity (Wildman–Crippen MR) is 112 cm³/mol. The van der Waals surface area contributed by atoms with Crippen molar-refractivity contribution in [3.63, 3.8) is 0 Å². The van der Waals surface area contributed by atoms with Crippen molar-refractivity contribution in [3.8, 4) is 11.4 Å². The third kappa shape index (κ3) is 2.89. The zero-order chi connectivity index (χ0) is 18.9. The zero-order valence-corrected chi connectivity index (χ0v) is 14.9. The highest BCUT2D eigenvalue weighted by Gasteiger charge is 2.06. The van der Waals surface area contributed by atoms with E-state index in [1.807, 2.05) is 85.1 Å². The van der Waals surface area contributed by atoms with Crippen molar-refractivity contribution < 1.29 is 5.11 Å². The first-order chi connectivity index (χ1) is 13.8. The molecule has 0 aliphatic carbocycles. The first kappa shape index (κ1) is 16.2. The maximum absolute atomic E-state index is 10.0. The molecule has 0 fully saturated rings. The third-order valence-corrected chi connectivity index (χ3v) is 4.64. The van der Waals surface area contributed by atoms with Crippen LogP contribution in [0.2, 0.25) is 0 Å². The summed E-state index contributed by atoms with van der Waals surface area (Å²) in [5.41, 5.74) is 4.26. The molecular formula is C23H16N4O. The second-order valence-electron chi connectivity index (χ2n) is 6.48. The van der Waals surface area contributed by atoms with Gasteiger partial charge in [0.2, 0.25) is 0 Å². The van der Waals surface area contributed by atoms with Crippen LogP contribution in [-0.2, 0) is 0 Å². The van der Waals surface area contributed by atoms with Gasteiger partial charge in [0.25, 0.3) is 0 Å². The van der Waals surface area contributed by atoms with E-state index in [-0.39, 0.29) is 5.75 Å².